The number of likely N-dealkylation sites (N-methyl/N-ethyl adjacent to an activating group) is 1. The van der Waals surface area contributed by atoms with Gasteiger partial charge < -0.3 is 37.2 Å². The number of carbonyl (C=O) groups excluding carboxylic acids is 7. The van der Waals surface area contributed by atoms with Gasteiger partial charge in [0.15, 0.2) is 0 Å². The standard InChI is InChI=1S/C18H31N7O7/c1-9(23-12(4)26)16(30)21-7-14(28)25-11(3)18(32)22-8-15(29)24-10(2)17(31)20-6-13(27)19-5/h9-11H,6-8H2,1-5H3,(H,19,27)(H,20,31)(H,21,30)(H,22,32)(H,23,26)(H,24,29)(H,25,28). The second-order valence-corrected chi connectivity index (χ2v) is 6.83. The van der Waals surface area contributed by atoms with Crippen molar-refractivity contribution < 1.29 is 33.6 Å². The number of hydrogen-bond donors (Lipinski definition) is 7. The van der Waals surface area contributed by atoms with Crippen molar-refractivity contribution in [2.24, 2.45) is 0 Å². The summed E-state index contributed by atoms with van der Waals surface area (Å²) in [6, 6.07) is -2.77. The van der Waals surface area contributed by atoms with Crippen molar-refractivity contribution in [1.29, 1.82) is 0 Å². The summed E-state index contributed by atoms with van der Waals surface area (Å²) < 4.78 is 0. The lowest BCUT2D eigenvalue weighted by molar-refractivity contribution is -0.132. The van der Waals surface area contributed by atoms with E-state index in [0.717, 1.165) is 0 Å². The minimum atomic E-state index is -1.01. The van der Waals surface area contributed by atoms with Crippen LogP contribution in [0.25, 0.3) is 0 Å². The quantitative estimate of drug-likeness (QED) is 0.153. The predicted molar refractivity (Wildman–Crippen MR) is 112 cm³/mol. The first kappa shape index (κ1) is 28.3. The molecule has 0 radical (unpaired) electrons. The second-order valence-electron chi connectivity index (χ2n) is 6.83. The first-order valence-electron chi connectivity index (χ1n) is 9.76. The summed E-state index contributed by atoms with van der Waals surface area (Å²) in [6.07, 6.45) is 0. The van der Waals surface area contributed by atoms with Crippen LogP contribution in [0.1, 0.15) is 27.7 Å². The highest BCUT2D eigenvalue weighted by Crippen LogP contribution is 1.86. The highest BCUT2D eigenvalue weighted by molar-refractivity contribution is 5.94. The van der Waals surface area contributed by atoms with Gasteiger partial charge in [0.25, 0.3) is 0 Å². The molecule has 0 saturated heterocycles. The molecule has 0 heterocycles. The van der Waals surface area contributed by atoms with Crippen LogP contribution in [-0.4, -0.2) is 86.2 Å². The zero-order valence-corrected chi connectivity index (χ0v) is 18.7. The average Bonchev–Trinajstić information content (AvgIpc) is 2.72. The predicted octanol–water partition coefficient (Wildman–Crippen LogP) is -4.38. The monoisotopic (exact) mass is 457 g/mol. The van der Waals surface area contributed by atoms with Crippen molar-refractivity contribution in [3.63, 3.8) is 0 Å². The molecule has 0 aromatic heterocycles. The van der Waals surface area contributed by atoms with Crippen LogP contribution >= 0.6 is 0 Å². The Hall–Kier alpha value is -3.71. The molecular weight excluding hydrogens is 426 g/mol. The van der Waals surface area contributed by atoms with E-state index in [4.69, 9.17) is 0 Å². The van der Waals surface area contributed by atoms with E-state index in [9.17, 15) is 33.6 Å². The molecule has 0 aliphatic rings. The van der Waals surface area contributed by atoms with Crippen LogP contribution in [0, 0.1) is 0 Å². The summed E-state index contributed by atoms with van der Waals surface area (Å²) in [5, 5.41) is 16.3. The Kier molecular flexibility index (Phi) is 12.7. The highest BCUT2D eigenvalue weighted by atomic mass is 16.2. The lowest BCUT2D eigenvalue weighted by atomic mass is 10.3. The summed E-state index contributed by atoms with van der Waals surface area (Å²) in [4.78, 5) is 81.2. The molecule has 0 aliphatic heterocycles. The van der Waals surface area contributed by atoms with Crippen LogP contribution in [0.2, 0.25) is 0 Å². The van der Waals surface area contributed by atoms with Crippen LogP contribution in [0.15, 0.2) is 0 Å². The summed E-state index contributed by atoms with van der Waals surface area (Å²) in [5.74, 6) is -3.92. The summed E-state index contributed by atoms with van der Waals surface area (Å²) in [6.45, 7) is 4.38. The average molecular weight is 457 g/mol. The molecule has 180 valence electrons. The van der Waals surface area contributed by atoms with E-state index in [-0.39, 0.29) is 6.54 Å². The van der Waals surface area contributed by atoms with Gasteiger partial charge in [-0.3, -0.25) is 33.6 Å². The minimum Gasteiger partial charge on any atom is -0.358 e. The van der Waals surface area contributed by atoms with Gasteiger partial charge in [0, 0.05) is 14.0 Å². The van der Waals surface area contributed by atoms with Crippen molar-refractivity contribution in [2.45, 2.75) is 45.8 Å². The van der Waals surface area contributed by atoms with E-state index < -0.39 is 72.6 Å². The van der Waals surface area contributed by atoms with Crippen molar-refractivity contribution in [3.05, 3.63) is 0 Å². The minimum absolute atomic E-state index is 0.240. The van der Waals surface area contributed by atoms with Crippen molar-refractivity contribution in [3.8, 4) is 0 Å². The molecular formula is C18H31N7O7. The molecule has 7 amide bonds. The van der Waals surface area contributed by atoms with Gasteiger partial charge in [0.05, 0.1) is 19.6 Å². The highest BCUT2D eigenvalue weighted by Gasteiger charge is 2.20. The van der Waals surface area contributed by atoms with Gasteiger partial charge >= 0.3 is 0 Å². The van der Waals surface area contributed by atoms with Gasteiger partial charge in [0.2, 0.25) is 41.4 Å². The molecule has 0 rings (SSSR count). The third-order valence-electron chi connectivity index (χ3n) is 3.90. The van der Waals surface area contributed by atoms with Gasteiger partial charge in [-0.15, -0.1) is 0 Å². The Bertz CT molecular complexity index is 741. The molecule has 14 heteroatoms. The molecule has 0 fully saturated rings. The number of nitrogens with one attached hydrogen (secondary N) is 7. The number of carbonyl (C=O) groups is 7. The molecule has 14 nitrogen and oxygen atoms in total. The normalized spacial score (nSPS) is 12.8. The van der Waals surface area contributed by atoms with Gasteiger partial charge in [-0.2, -0.15) is 0 Å². The first-order valence-corrected chi connectivity index (χ1v) is 9.76. The lowest BCUT2D eigenvalue weighted by Crippen LogP contribution is -2.52. The fourth-order valence-corrected chi connectivity index (χ4v) is 2.14. The zero-order valence-electron chi connectivity index (χ0n) is 18.7. The van der Waals surface area contributed by atoms with E-state index in [0.29, 0.717) is 0 Å². The van der Waals surface area contributed by atoms with Crippen molar-refractivity contribution in [1.82, 2.24) is 37.2 Å². The topological polar surface area (TPSA) is 204 Å². The van der Waals surface area contributed by atoms with Crippen LogP contribution in [0.5, 0.6) is 0 Å². The number of rotatable bonds is 12. The zero-order chi connectivity index (χ0) is 24.8. The molecule has 0 aromatic carbocycles. The smallest absolute Gasteiger partial charge is 0.242 e. The molecule has 3 unspecified atom stereocenters. The molecule has 32 heavy (non-hydrogen) atoms. The Morgan fingerprint density at radius 2 is 0.875 bits per heavy atom. The van der Waals surface area contributed by atoms with Crippen molar-refractivity contribution >= 4 is 41.4 Å². The molecule has 3 atom stereocenters. The Labute approximate surface area is 185 Å². The van der Waals surface area contributed by atoms with Crippen LogP contribution in [0.4, 0.5) is 0 Å². The molecule has 0 aromatic rings. The van der Waals surface area contributed by atoms with E-state index in [2.05, 4.69) is 37.2 Å². The third kappa shape index (κ3) is 12.1. The van der Waals surface area contributed by atoms with E-state index >= 15 is 0 Å². The first-order chi connectivity index (χ1) is 14.9. The molecule has 0 saturated carbocycles. The van der Waals surface area contributed by atoms with E-state index in [1.54, 1.807) is 0 Å². The maximum absolute atomic E-state index is 12.0. The maximum Gasteiger partial charge on any atom is 0.242 e. The van der Waals surface area contributed by atoms with Crippen LogP contribution < -0.4 is 37.2 Å². The van der Waals surface area contributed by atoms with Gasteiger partial charge in [0.1, 0.15) is 18.1 Å². The largest absolute Gasteiger partial charge is 0.358 e. The van der Waals surface area contributed by atoms with Gasteiger partial charge in [-0.25, -0.2) is 0 Å². The lowest BCUT2D eigenvalue weighted by Gasteiger charge is -2.17. The summed E-state index contributed by atoms with van der Waals surface area (Å²) in [7, 11) is 1.41. The fourth-order valence-electron chi connectivity index (χ4n) is 2.14. The Balaban J connectivity index is 4.28. The van der Waals surface area contributed by atoms with E-state index in [1.165, 1.54) is 34.7 Å². The van der Waals surface area contributed by atoms with Gasteiger partial charge in [-0.1, -0.05) is 0 Å². The number of hydrogen-bond acceptors (Lipinski definition) is 7. The molecule has 0 bridgehead atoms. The van der Waals surface area contributed by atoms with E-state index in [1.807, 2.05) is 0 Å². The summed E-state index contributed by atoms with van der Waals surface area (Å²) in [5.41, 5.74) is 0. The third-order valence-corrected chi connectivity index (χ3v) is 3.90. The summed E-state index contributed by atoms with van der Waals surface area (Å²) >= 11 is 0. The Morgan fingerprint density at radius 3 is 1.19 bits per heavy atom. The fraction of sp³-hybridized carbons (Fsp3) is 0.611. The maximum atomic E-state index is 12.0. The van der Waals surface area contributed by atoms with Gasteiger partial charge in [-0.05, 0) is 20.8 Å². The molecule has 7 N–H and O–H groups in total. The molecule has 0 aliphatic carbocycles. The molecule has 0 spiro atoms. The van der Waals surface area contributed by atoms with Crippen LogP contribution in [-0.2, 0) is 33.6 Å². The Morgan fingerprint density at radius 1 is 0.562 bits per heavy atom. The second kappa shape index (κ2) is 14.3. The number of amides is 7. The van der Waals surface area contributed by atoms with Crippen molar-refractivity contribution in [2.75, 3.05) is 26.7 Å². The van der Waals surface area contributed by atoms with Crippen LogP contribution in [0.3, 0.4) is 0 Å². The SMILES string of the molecule is CNC(=O)CNC(=O)C(C)NC(=O)CNC(=O)C(C)NC(=O)CNC(=O)C(C)NC(C)=O.